The average Bonchev–Trinajstić information content (AvgIpc) is 2.83. The van der Waals surface area contributed by atoms with Crippen molar-refractivity contribution in [1.29, 1.82) is 0 Å². The van der Waals surface area contributed by atoms with Crippen LogP contribution in [0.4, 0.5) is 0 Å². The summed E-state index contributed by atoms with van der Waals surface area (Å²) in [4.78, 5) is 5.33. The highest BCUT2D eigenvalue weighted by Gasteiger charge is 2.45. The van der Waals surface area contributed by atoms with Crippen LogP contribution >= 0.6 is 0 Å². The van der Waals surface area contributed by atoms with Crippen LogP contribution in [0.15, 0.2) is 53.7 Å². The zero-order valence-corrected chi connectivity index (χ0v) is 19.5. The molecular weight excluding hydrogens is 400 g/mol. The van der Waals surface area contributed by atoms with Gasteiger partial charge in [0, 0.05) is 23.9 Å². The summed E-state index contributed by atoms with van der Waals surface area (Å²) >= 11 is 0. The predicted molar refractivity (Wildman–Crippen MR) is 128 cm³/mol. The molecule has 2 fully saturated rings. The molecule has 4 atom stereocenters. The molecule has 1 saturated carbocycles. The van der Waals surface area contributed by atoms with Gasteiger partial charge in [0.2, 0.25) is 0 Å². The zero-order chi connectivity index (χ0) is 22.3. The SMILES string of the molecule is CCCOc1ccc(C2NC(c3ccc(OCCC)cc3)C3CCCC2C3=NOC)cc1. The molecule has 1 N–H and O–H groups in total. The van der Waals surface area contributed by atoms with Gasteiger partial charge in [-0.25, -0.2) is 0 Å². The van der Waals surface area contributed by atoms with E-state index >= 15 is 0 Å². The number of fused-ring (bicyclic) bond motifs is 2. The molecule has 1 saturated heterocycles. The number of oxime groups is 1. The van der Waals surface area contributed by atoms with Crippen molar-refractivity contribution >= 4 is 5.71 Å². The van der Waals surface area contributed by atoms with Crippen molar-refractivity contribution in [2.75, 3.05) is 20.3 Å². The molecule has 2 aromatic carbocycles. The first-order valence-corrected chi connectivity index (χ1v) is 12.1. The highest BCUT2D eigenvalue weighted by atomic mass is 16.6. The summed E-state index contributed by atoms with van der Waals surface area (Å²) in [5.74, 6) is 2.55. The smallest absolute Gasteiger partial charge is 0.119 e. The van der Waals surface area contributed by atoms with Crippen LogP contribution < -0.4 is 14.8 Å². The van der Waals surface area contributed by atoms with Crippen LogP contribution in [0.2, 0.25) is 0 Å². The molecular formula is C27H36N2O3. The van der Waals surface area contributed by atoms with Crippen LogP contribution in [0.3, 0.4) is 0 Å². The summed E-state index contributed by atoms with van der Waals surface area (Å²) < 4.78 is 11.6. The summed E-state index contributed by atoms with van der Waals surface area (Å²) in [5, 5.41) is 8.55. The van der Waals surface area contributed by atoms with E-state index in [0.717, 1.165) is 50.4 Å². The van der Waals surface area contributed by atoms with Gasteiger partial charge >= 0.3 is 0 Å². The number of ether oxygens (including phenoxy) is 2. The van der Waals surface area contributed by atoms with Crippen LogP contribution in [0.1, 0.15) is 69.2 Å². The predicted octanol–water partition coefficient (Wildman–Crippen LogP) is 6.07. The second kappa shape index (κ2) is 10.9. The summed E-state index contributed by atoms with van der Waals surface area (Å²) in [7, 11) is 1.66. The van der Waals surface area contributed by atoms with E-state index < -0.39 is 0 Å². The number of rotatable bonds is 9. The molecule has 4 rings (SSSR count). The number of nitrogens with zero attached hydrogens (tertiary/aromatic N) is 1. The molecule has 4 unspecified atom stereocenters. The van der Waals surface area contributed by atoms with Gasteiger partial charge in [0.15, 0.2) is 0 Å². The van der Waals surface area contributed by atoms with Crippen molar-refractivity contribution in [2.45, 2.75) is 58.0 Å². The lowest BCUT2D eigenvalue weighted by molar-refractivity contribution is 0.180. The van der Waals surface area contributed by atoms with Crippen LogP contribution in [0.5, 0.6) is 11.5 Å². The van der Waals surface area contributed by atoms with Gasteiger partial charge in [-0.15, -0.1) is 0 Å². The Kier molecular flexibility index (Phi) is 7.69. The number of hydrogen-bond acceptors (Lipinski definition) is 5. The third kappa shape index (κ3) is 4.93. The van der Waals surface area contributed by atoms with Gasteiger partial charge in [0.25, 0.3) is 0 Å². The van der Waals surface area contributed by atoms with E-state index in [1.807, 2.05) is 0 Å². The largest absolute Gasteiger partial charge is 0.494 e. The number of piperidine rings is 1. The highest BCUT2D eigenvalue weighted by molar-refractivity contribution is 5.91. The van der Waals surface area contributed by atoms with Gasteiger partial charge in [0.05, 0.1) is 18.9 Å². The fraction of sp³-hybridized carbons (Fsp3) is 0.519. The van der Waals surface area contributed by atoms with Gasteiger partial charge < -0.3 is 19.6 Å². The molecule has 1 heterocycles. The second-order valence-corrected chi connectivity index (χ2v) is 8.80. The molecule has 5 heteroatoms. The van der Waals surface area contributed by atoms with E-state index in [0.29, 0.717) is 11.8 Å². The van der Waals surface area contributed by atoms with E-state index in [1.165, 1.54) is 23.3 Å². The van der Waals surface area contributed by atoms with Crippen molar-refractivity contribution in [3.63, 3.8) is 0 Å². The molecule has 1 aliphatic heterocycles. The lowest BCUT2D eigenvalue weighted by Crippen LogP contribution is -2.50. The topological polar surface area (TPSA) is 52.1 Å². The molecule has 0 aromatic heterocycles. The second-order valence-electron chi connectivity index (χ2n) is 8.80. The Hall–Kier alpha value is -2.53. The standard InChI is InChI=1S/C27H36N2O3/c1-4-17-31-21-13-9-19(10-14-21)25-23-7-6-8-24(27(23)29-30-3)26(28-25)20-11-15-22(16-12-20)32-18-5-2/h9-16,23-26,28H,4-8,17-18H2,1-3H3. The van der Waals surface area contributed by atoms with E-state index in [1.54, 1.807) is 7.11 Å². The molecule has 5 nitrogen and oxygen atoms in total. The molecule has 0 radical (unpaired) electrons. The zero-order valence-electron chi connectivity index (χ0n) is 19.5. The first kappa shape index (κ1) is 22.7. The summed E-state index contributed by atoms with van der Waals surface area (Å²) in [6.45, 7) is 5.74. The molecule has 2 bridgehead atoms. The molecule has 2 aliphatic rings. The first-order valence-electron chi connectivity index (χ1n) is 12.1. The van der Waals surface area contributed by atoms with Crippen LogP contribution in [0, 0.1) is 11.8 Å². The van der Waals surface area contributed by atoms with E-state index in [4.69, 9.17) is 14.3 Å². The van der Waals surface area contributed by atoms with Gasteiger partial charge in [-0.3, -0.25) is 0 Å². The summed E-state index contributed by atoms with van der Waals surface area (Å²) in [6, 6.07) is 17.5. The van der Waals surface area contributed by atoms with Gasteiger partial charge in [-0.2, -0.15) is 0 Å². The van der Waals surface area contributed by atoms with Crippen molar-refractivity contribution in [1.82, 2.24) is 5.32 Å². The van der Waals surface area contributed by atoms with Gasteiger partial charge in [-0.05, 0) is 61.1 Å². The van der Waals surface area contributed by atoms with Crippen LogP contribution in [0.25, 0.3) is 0 Å². The molecule has 172 valence electrons. The number of hydrogen-bond donors (Lipinski definition) is 1. The maximum Gasteiger partial charge on any atom is 0.119 e. The first-order chi connectivity index (χ1) is 15.7. The normalized spacial score (nSPS) is 24.7. The molecule has 1 aliphatic carbocycles. The Morgan fingerprint density at radius 1 is 0.781 bits per heavy atom. The lowest BCUT2D eigenvalue weighted by atomic mass is 9.67. The van der Waals surface area contributed by atoms with E-state index in [2.05, 4.69) is 72.9 Å². The van der Waals surface area contributed by atoms with Crippen molar-refractivity contribution in [2.24, 2.45) is 17.0 Å². The van der Waals surface area contributed by atoms with Gasteiger partial charge in [0.1, 0.15) is 18.6 Å². The third-order valence-corrected chi connectivity index (χ3v) is 6.57. The minimum atomic E-state index is 0.196. The quantitative estimate of drug-likeness (QED) is 0.485. The molecule has 2 aromatic rings. The minimum Gasteiger partial charge on any atom is -0.494 e. The monoisotopic (exact) mass is 436 g/mol. The maximum absolute atomic E-state index is 5.79. The van der Waals surface area contributed by atoms with Crippen molar-refractivity contribution in [3.05, 3.63) is 59.7 Å². The number of benzene rings is 2. The Morgan fingerprint density at radius 2 is 1.25 bits per heavy atom. The van der Waals surface area contributed by atoms with Crippen molar-refractivity contribution < 1.29 is 14.3 Å². The van der Waals surface area contributed by atoms with Crippen LogP contribution in [-0.4, -0.2) is 26.0 Å². The van der Waals surface area contributed by atoms with Gasteiger partial charge in [-0.1, -0.05) is 49.7 Å². The Bertz CT molecular complexity index is 811. The summed E-state index contributed by atoms with van der Waals surface area (Å²) in [6.07, 6.45) is 5.48. The average molecular weight is 437 g/mol. The van der Waals surface area contributed by atoms with Crippen LogP contribution in [-0.2, 0) is 4.84 Å². The Labute approximate surface area is 192 Å². The van der Waals surface area contributed by atoms with E-state index in [-0.39, 0.29) is 12.1 Å². The lowest BCUT2D eigenvalue weighted by Gasteiger charge is -2.47. The molecule has 0 spiro atoms. The fourth-order valence-corrected chi connectivity index (χ4v) is 5.11. The van der Waals surface area contributed by atoms with Crippen molar-refractivity contribution in [3.8, 4) is 11.5 Å². The summed E-state index contributed by atoms with van der Waals surface area (Å²) in [5.41, 5.74) is 3.75. The maximum atomic E-state index is 5.79. The Morgan fingerprint density at radius 3 is 1.66 bits per heavy atom. The minimum absolute atomic E-state index is 0.196. The molecule has 0 amide bonds. The third-order valence-electron chi connectivity index (χ3n) is 6.57. The Balaban J connectivity index is 1.62. The fourth-order valence-electron chi connectivity index (χ4n) is 5.11. The highest BCUT2D eigenvalue weighted by Crippen LogP contribution is 2.46. The number of nitrogens with one attached hydrogen (secondary N) is 1. The van der Waals surface area contributed by atoms with E-state index in [9.17, 15) is 0 Å². The molecule has 32 heavy (non-hydrogen) atoms.